The zero-order valence-electron chi connectivity index (χ0n) is 79.2. The minimum atomic E-state index is -5.08. The zero-order valence-corrected chi connectivity index (χ0v) is 80.9. The third-order valence-electron chi connectivity index (χ3n) is 21.4. The van der Waals surface area contributed by atoms with Crippen LogP contribution in [0.3, 0.4) is 0 Å². The van der Waals surface area contributed by atoms with Gasteiger partial charge in [-0.1, -0.05) is 47.7 Å². The van der Waals surface area contributed by atoms with E-state index in [0.717, 1.165) is 94.9 Å². The van der Waals surface area contributed by atoms with Gasteiger partial charge in [-0.05, 0) is 80.4 Å². The fraction of sp³-hybridized carbons (Fsp3) is 0.449. The van der Waals surface area contributed by atoms with Gasteiger partial charge >= 0.3 is 47.9 Å². The van der Waals surface area contributed by atoms with Crippen molar-refractivity contribution in [3.8, 4) is 89.4 Å². The van der Waals surface area contributed by atoms with E-state index in [9.17, 15) is 59.9 Å². The number of nitriles is 1. The largest absolute Gasteiger partial charge is 0.490 e. The number of fused-ring (bicyclic) bond motifs is 5. The standard InChI is InChI=1S/C21H23N7O3.C18H24N6O3.C16H18N6O.2C15H17N7O.2C2HF3O2.2ClH/c1-3-4-10-28-16-18(24-20(28)27-11-9-13(22)12-27)25-21(26(2)19(16)30)31-15-8-6-5-7-14(15)17(23)29;1-5-6-7-24-14-13(12-19-21-15(14)25)20-16(24)22-8-10-23(11-9-22)17(26)27-18(2,3)4;1-3-5-9-21-14-13(12-18-22(8-4-2)15(14)23)19-16(21)20-10-6-17-7-11-20;1-4-5-7-22-11-12(18-14(17-2)20(3)13(11)23)19-15(22)21-8-6-10(16)9-21;1-2-3-7-21-13-12(11-18-22(8-4-16)14(13)23)19-15(21)20-9-5-17-6-10-20;2*3-2(4,5)1(6)7;;/h5-8,13H,9-12,22H2,1-2H3,(H2,23,29);12H,7-11H2,1-4H3,(H,21,25);2,12,17H,6-11H2,1H3;10H,6-9,16H2,1,3H3;11,17H,5-10H2,1H3;2*(H,6,7);2*1H. The number of carboxylic acid groups (broad SMARTS) is 2. The number of nitrogens with one attached hydrogen (secondary N) is 3. The Bertz CT molecular complexity index is 7120. The number of carboxylic acids is 2. The van der Waals surface area contributed by atoms with Crippen LogP contribution in [0.2, 0.25) is 0 Å². The maximum absolute atomic E-state index is 13.2. The van der Waals surface area contributed by atoms with Crippen LogP contribution >= 0.6 is 24.8 Å². The van der Waals surface area contributed by atoms with E-state index >= 15 is 0 Å². The summed E-state index contributed by atoms with van der Waals surface area (Å²) in [4.78, 5) is 152. The van der Waals surface area contributed by atoms with Crippen molar-refractivity contribution in [3.05, 3.63) is 112 Å². The summed E-state index contributed by atoms with van der Waals surface area (Å²) in [5.41, 5.74) is 20.0. The highest BCUT2D eigenvalue weighted by atomic mass is 35.5. The molecular weight excluding hydrogens is 1920 g/mol. The normalized spacial score (nSPS) is 14.7. The van der Waals surface area contributed by atoms with Gasteiger partial charge in [0, 0.05) is 131 Å². The minimum Gasteiger partial charge on any atom is -0.475 e. The highest BCUT2D eigenvalue weighted by molar-refractivity contribution is 5.95. The van der Waals surface area contributed by atoms with Crippen LogP contribution < -0.4 is 84.9 Å². The van der Waals surface area contributed by atoms with Gasteiger partial charge in [-0.15, -0.1) is 72.4 Å². The van der Waals surface area contributed by atoms with Crippen LogP contribution in [0.15, 0.2) is 66.8 Å². The summed E-state index contributed by atoms with van der Waals surface area (Å²) in [6.45, 7) is 35.3. The molecule has 10 aromatic heterocycles. The first-order valence-electron chi connectivity index (χ1n) is 43.5. The molecular formula is C89H103Cl2F6N33O13. The smallest absolute Gasteiger partial charge is 0.475 e. The number of halogens is 8. The number of carbonyl (C=O) groups is 4. The second-order valence-corrected chi connectivity index (χ2v) is 32.1. The average Bonchev–Trinajstić information content (AvgIpc) is 1.63. The molecule has 2 amide bonds. The lowest BCUT2D eigenvalue weighted by atomic mass is 10.2. The number of nitrogens with zero attached hydrogens (tertiary/aromatic N) is 27. The number of aromatic nitrogens is 20. The Morgan fingerprint density at radius 1 is 0.524 bits per heavy atom. The molecule has 143 heavy (non-hydrogen) atoms. The lowest BCUT2D eigenvalue weighted by Crippen LogP contribution is -2.50. The predicted molar refractivity (Wildman–Crippen MR) is 522 cm³/mol. The van der Waals surface area contributed by atoms with Crippen molar-refractivity contribution < 1.29 is 65.2 Å². The monoisotopic (exact) mass is 2030 g/mol. The van der Waals surface area contributed by atoms with Crippen molar-refractivity contribution in [2.45, 2.75) is 144 Å². The van der Waals surface area contributed by atoms with Gasteiger partial charge in [-0.3, -0.25) is 55.9 Å². The fourth-order valence-electron chi connectivity index (χ4n) is 14.7. The van der Waals surface area contributed by atoms with Crippen LogP contribution in [0.5, 0.6) is 11.8 Å². The van der Waals surface area contributed by atoms with Gasteiger partial charge in [-0.2, -0.15) is 61.9 Å². The summed E-state index contributed by atoms with van der Waals surface area (Å²) in [5.74, 6) is 29.2. The maximum atomic E-state index is 13.2. The molecule has 0 radical (unpaired) electrons. The zero-order chi connectivity index (χ0) is 103. The Morgan fingerprint density at radius 2 is 0.909 bits per heavy atom. The number of aromatic amines is 1. The molecule has 0 aliphatic carbocycles. The number of primary amides is 1. The van der Waals surface area contributed by atoms with Crippen molar-refractivity contribution >= 4 is 140 Å². The number of aliphatic carboxylic acids is 2. The van der Waals surface area contributed by atoms with E-state index in [0.29, 0.717) is 134 Å². The van der Waals surface area contributed by atoms with Gasteiger partial charge < -0.3 is 81.8 Å². The SMILES string of the molecule is C#CCn1ncc2nc(N3CCNCC3)n(CC#CC)c2c1=O.CC#CCn1c(N2CCC(N)C2)nc2nc(Oc3ccccc3C(N)=O)n(C)c(=O)c21.CC#CCn1c(N2CCN(C(=O)OC(C)(C)C)CC2)nc2cn[nH]c(=O)c21.CC#CCn1c(N2CCNCC2)nc2cnn(CC#N)c(=O)c21.Cl.Cl.O=C(O)C(F)(F)F.O=C(O)C(F)(F)F.[C-]#[N+]c1nc2nc(N3CCC(N)C3)n(CC#CC)c2c(=O)n1C. The summed E-state index contributed by atoms with van der Waals surface area (Å²) in [5, 5.41) is 44.1. The molecule has 5 aliphatic rings. The van der Waals surface area contributed by atoms with Crippen molar-refractivity contribution in [3.63, 3.8) is 0 Å². The number of ether oxygens (including phenoxy) is 2. The van der Waals surface area contributed by atoms with E-state index in [1.807, 2.05) is 45.8 Å². The molecule has 0 spiro atoms. The number of rotatable bonds is 15. The van der Waals surface area contributed by atoms with Gasteiger partial charge in [0.25, 0.3) is 28.1 Å². The summed E-state index contributed by atoms with van der Waals surface area (Å²) in [7, 11) is 3.09. The van der Waals surface area contributed by atoms with Crippen LogP contribution in [0.25, 0.3) is 60.3 Å². The number of imidazole rings is 5. The van der Waals surface area contributed by atoms with E-state index in [1.165, 1.54) is 33.3 Å². The molecule has 16 rings (SSSR count). The molecule has 46 nitrogen and oxygen atoms in total. The number of hydrogen-bond acceptors (Lipinski definition) is 31. The number of carbonyl (C=O) groups excluding carboxylic acids is 2. The number of piperazine rings is 3. The minimum absolute atomic E-state index is 0. The first-order chi connectivity index (χ1) is 67.2. The quantitative estimate of drug-likeness (QED) is 0.0414. The molecule has 15 heterocycles. The summed E-state index contributed by atoms with van der Waals surface area (Å²) < 4.78 is 88.7. The van der Waals surface area contributed by atoms with Crippen LogP contribution in [-0.4, -0.2) is 270 Å². The van der Waals surface area contributed by atoms with Gasteiger partial charge in [-0.25, -0.2) is 48.6 Å². The molecule has 2 unspecified atom stereocenters. The molecule has 11 aromatic rings. The average molecular weight is 2030 g/mol. The first-order valence-corrected chi connectivity index (χ1v) is 43.5. The highest BCUT2D eigenvalue weighted by Crippen LogP contribution is 2.31. The van der Waals surface area contributed by atoms with E-state index in [1.54, 1.807) is 90.7 Å². The predicted octanol–water partition coefficient (Wildman–Crippen LogP) is 3.34. The van der Waals surface area contributed by atoms with Crippen molar-refractivity contribution in [2.24, 2.45) is 31.3 Å². The number of nitrogens with two attached hydrogens (primary N) is 3. The van der Waals surface area contributed by atoms with E-state index < -0.39 is 35.8 Å². The number of alkyl halides is 6. The second kappa shape index (κ2) is 50.6. The molecule has 1 aromatic carbocycles. The van der Waals surface area contributed by atoms with Crippen LogP contribution in [0.1, 0.15) is 78.6 Å². The molecule has 2 atom stereocenters. The summed E-state index contributed by atoms with van der Waals surface area (Å²) in [6, 6.07) is 8.59. The van der Waals surface area contributed by atoms with E-state index in [-0.39, 0.29) is 118 Å². The molecule has 5 saturated heterocycles. The van der Waals surface area contributed by atoms with E-state index in [2.05, 4.69) is 151 Å². The molecule has 5 aliphatic heterocycles. The van der Waals surface area contributed by atoms with Gasteiger partial charge in [0.05, 0.1) is 62.9 Å². The topological polar surface area (TPSA) is 551 Å². The van der Waals surface area contributed by atoms with Crippen molar-refractivity contribution in [2.75, 3.05) is 129 Å². The number of benzene rings is 1. The summed E-state index contributed by atoms with van der Waals surface area (Å²) >= 11 is 0. The first kappa shape index (κ1) is 112. The molecule has 54 heteroatoms. The van der Waals surface area contributed by atoms with Crippen molar-refractivity contribution in [1.82, 2.24) is 112 Å². The Labute approximate surface area is 824 Å². The molecule has 5 fully saturated rings. The number of amides is 2. The summed E-state index contributed by atoms with van der Waals surface area (Å²) in [6.07, 6.45) is 1.21. The molecule has 758 valence electrons. The lowest BCUT2D eigenvalue weighted by Gasteiger charge is -2.36. The highest BCUT2D eigenvalue weighted by Gasteiger charge is 2.40. The Morgan fingerprint density at radius 3 is 1.29 bits per heavy atom. The van der Waals surface area contributed by atoms with Crippen LogP contribution in [-0.2, 0) is 74.2 Å². The third-order valence-corrected chi connectivity index (χ3v) is 21.4. The molecule has 0 bridgehead atoms. The van der Waals surface area contributed by atoms with Crippen LogP contribution in [0.4, 0.5) is 66.8 Å². The number of anilines is 5. The molecule has 0 saturated carbocycles. The Kier molecular flexibility index (Phi) is 39.6. The third kappa shape index (κ3) is 27.7. The van der Waals surface area contributed by atoms with Crippen molar-refractivity contribution in [1.29, 1.82) is 5.26 Å². The fourth-order valence-corrected chi connectivity index (χ4v) is 14.7. The lowest BCUT2D eigenvalue weighted by molar-refractivity contribution is -0.193. The number of H-pyrrole nitrogens is 1. The number of hydrogen-bond donors (Lipinski definition) is 8. The van der Waals surface area contributed by atoms with Gasteiger partial charge in [0.15, 0.2) is 16.7 Å². The Balaban J connectivity index is 0.000000211. The van der Waals surface area contributed by atoms with Crippen LogP contribution in [0, 0.1) is 89.5 Å². The van der Waals surface area contributed by atoms with Gasteiger partial charge in [0.2, 0.25) is 35.4 Å². The van der Waals surface area contributed by atoms with Gasteiger partial charge in [0.1, 0.15) is 57.5 Å². The van der Waals surface area contributed by atoms with E-state index in [4.69, 9.17) is 64.7 Å². The second-order valence-electron chi connectivity index (χ2n) is 32.1. The maximum Gasteiger partial charge on any atom is 0.490 e. The number of terminal acetylenes is 1. The number of para-hydroxylation sites is 1. The molecule has 11 N–H and O–H groups in total. The Hall–Kier alpha value is -16.2.